The van der Waals surface area contributed by atoms with E-state index < -0.39 is 17.4 Å². The third-order valence-electron chi connectivity index (χ3n) is 3.29. The zero-order valence-corrected chi connectivity index (χ0v) is 13.5. The Morgan fingerprint density at radius 3 is 2.05 bits per heavy atom. The van der Waals surface area contributed by atoms with E-state index >= 15 is 0 Å². The van der Waals surface area contributed by atoms with Crippen molar-refractivity contribution in [2.75, 3.05) is 6.61 Å². The third kappa shape index (κ3) is 3.60. The Morgan fingerprint density at radius 1 is 1.05 bits per heavy atom. The monoisotopic (exact) mass is 342 g/mol. The average Bonchev–Trinajstić information content (AvgIpc) is 2.44. The van der Waals surface area contributed by atoms with Crippen LogP contribution in [-0.2, 0) is 14.3 Å². The molecule has 0 heterocycles. The summed E-state index contributed by atoms with van der Waals surface area (Å²) >= 11 is 3.31. The van der Waals surface area contributed by atoms with E-state index in [0.29, 0.717) is 18.6 Å². The lowest BCUT2D eigenvalue weighted by molar-refractivity contribution is -0.167. The number of hydrogen-bond donors (Lipinski definition) is 0. The maximum absolute atomic E-state index is 12.4. The molecule has 1 rings (SSSR count). The fourth-order valence-corrected chi connectivity index (χ4v) is 2.15. The van der Waals surface area contributed by atoms with E-state index in [1.165, 1.54) is 0 Å². The SMILES string of the molecule is CCOC(=O)C(CC)(CC)C(=O)Oc1ccc(Br)cc1. The lowest BCUT2D eigenvalue weighted by atomic mass is 9.82. The van der Waals surface area contributed by atoms with Gasteiger partial charge in [0, 0.05) is 4.47 Å². The lowest BCUT2D eigenvalue weighted by Crippen LogP contribution is -2.42. The van der Waals surface area contributed by atoms with Crippen molar-refractivity contribution in [3.05, 3.63) is 28.7 Å². The number of hydrogen-bond acceptors (Lipinski definition) is 4. The van der Waals surface area contributed by atoms with Gasteiger partial charge in [-0.2, -0.15) is 0 Å². The number of carbonyl (C=O) groups excluding carboxylic acids is 2. The maximum Gasteiger partial charge on any atom is 0.328 e. The molecule has 0 aliphatic heterocycles. The largest absolute Gasteiger partial charge is 0.465 e. The number of esters is 2. The first kappa shape index (κ1) is 16.7. The van der Waals surface area contributed by atoms with Crippen molar-refractivity contribution < 1.29 is 19.1 Å². The van der Waals surface area contributed by atoms with Crippen LogP contribution in [0.1, 0.15) is 33.6 Å². The molecule has 0 aliphatic rings. The van der Waals surface area contributed by atoms with Gasteiger partial charge in [0.25, 0.3) is 0 Å². The summed E-state index contributed by atoms with van der Waals surface area (Å²) in [5.74, 6) is -0.677. The summed E-state index contributed by atoms with van der Waals surface area (Å²) in [6.07, 6.45) is 0.690. The van der Waals surface area contributed by atoms with E-state index in [4.69, 9.17) is 9.47 Å². The Hall–Kier alpha value is -1.36. The van der Waals surface area contributed by atoms with Crippen molar-refractivity contribution in [3.63, 3.8) is 0 Å². The summed E-state index contributed by atoms with van der Waals surface area (Å²) in [6, 6.07) is 6.88. The van der Waals surface area contributed by atoms with Gasteiger partial charge in [0.1, 0.15) is 5.75 Å². The third-order valence-corrected chi connectivity index (χ3v) is 3.82. The molecular weight excluding hydrogens is 324 g/mol. The van der Waals surface area contributed by atoms with Crippen LogP contribution in [0.25, 0.3) is 0 Å². The Morgan fingerprint density at radius 2 is 1.60 bits per heavy atom. The normalized spacial score (nSPS) is 11.0. The van der Waals surface area contributed by atoms with Gasteiger partial charge >= 0.3 is 11.9 Å². The van der Waals surface area contributed by atoms with Crippen LogP contribution in [0.4, 0.5) is 0 Å². The van der Waals surface area contributed by atoms with Crippen LogP contribution in [0.3, 0.4) is 0 Å². The van der Waals surface area contributed by atoms with Crippen molar-refractivity contribution in [1.82, 2.24) is 0 Å². The summed E-state index contributed by atoms with van der Waals surface area (Å²) in [5.41, 5.74) is -1.23. The highest BCUT2D eigenvalue weighted by Gasteiger charge is 2.46. The van der Waals surface area contributed by atoms with Gasteiger partial charge in [-0.15, -0.1) is 0 Å². The number of carbonyl (C=O) groups is 2. The number of benzene rings is 1. The molecule has 0 aromatic heterocycles. The highest BCUT2D eigenvalue weighted by Crippen LogP contribution is 2.31. The second-order valence-electron chi connectivity index (χ2n) is 4.35. The molecule has 0 saturated carbocycles. The van der Waals surface area contributed by atoms with E-state index in [0.717, 1.165) is 4.47 Å². The molecule has 4 nitrogen and oxygen atoms in total. The van der Waals surface area contributed by atoms with Crippen LogP contribution >= 0.6 is 15.9 Å². The van der Waals surface area contributed by atoms with Gasteiger partial charge in [0.2, 0.25) is 0 Å². The molecule has 1 aromatic rings. The van der Waals surface area contributed by atoms with Crippen molar-refractivity contribution in [3.8, 4) is 5.75 Å². The van der Waals surface area contributed by atoms with Gasteiger partial charge < -0.3 is 9.47 Å². The first-order valence-corrected chi connectivity index (χ1v) is 7.44. The Bertz CT molecular complexity index is 463. The summed E-state index contributed by atoms with van der Waals surface area (Å²) in [4.78, 5) is 24.4. The molecule has 0 radical (unpaired) electrons. The van der Waals surface area contributed by atoms with Gasteiger partial charge in [-0.25, -0.2) is 0 Å². The molecule has 0 atom stereocenters. The van der Waals surface area contributed by atoms with Gasteiger partial charge in [-0.1, -0.05) is 29.8 Å². The smallest absolute Gasteiger partial charge is 0.328 e. The predicted molar refractivity (Wildman–Crippen MR) is 79.4 cm³/mol. The van der Waals surface area contributed by atoms with Gasteiger partial charge in [-0.05, 0) is 44.0 Å². The molecule has 0 saturated heterocycles. The molecular formula is C15H19BrO4. The Kier molecular flexibility index (Phi) is 6.20. The fraction of sp³-hybridized carbons (Fsp3) is 0.467. The summed E-state index contributed by atoms with van der Waals surface area (Å²) in [7, 11) is 0. The molecule has 5 heteroatoms. The van der Waals surface area contributed by atoms with Crippen LogP contribution in [0.15, 0.2) is 28.7 Å². The molecule has 0 fully saturated rings. The van der Waals surface area contributed by atoms with Crippen molar-refractivity contribution in [2.24, 2.45) is 5.41 Å². The molecule has 0 amide bonds. The van der Waals surface area contributed by atoms with Crippen molar-refractivity contribution in [2.45, 2.75) is 33.6 Å². The molecule has 110 valence electrons. The zero-order chi connectivity index (χ0) is 15.2. The average molecular weight is 343 g/mol. The quantitative estimate of drug-likeness (QED) is 0.449. The number of ether oxygens (including phenoxy) is 2. The highest BCUT2D eigenvalue weighted by molar-refractivity contribution is 9.10. The fourth-order valence-electron chi connectivity index (χ4n) is 1.89. The molecule has 20 heavy (non-hydrogen) atoms. The second-order valence-corrected chi connectivity index (χ2v) is 5.27. The van der Waals surface area contributed by atoms with Gasteiger partial charge in [-0.3, -0.25) is 9.59 Å². The summed E-state index contributed by atoms with van der Waals surface area (Å²) in [5, 5.41) is 0. The van der Waals surface area contributed by atoms with Crippen LogP contribution < -0.4 is 4.74 Å². The van der Waals surface area contributed by atoms with Crippen LogP contribution in [-0.4, -0.2) is 18.5 Å². The first-order chi connectivity index (χ1) is 9.50. The first-order valence-electron chi connectivity index (χ1n) is 6.65. The van der Waals surface area contributed by atoms with Crippen LogP contribution in [0.2, 0.25) is 0 Å². The Labute approximate surface area is 127 Å². The minimum atomic E-state index is -1.23. The van der Waals surface area contributed by atoms with Crippen molar-refractivity contribution >= 4 is 27.9 Å². The minimum Gasteiger partial charge on any atom is -0.465 e. The minimum absolute atomic E-state index is 0.242. The van der Waals surface area contributed by atoms with E-state index in [-0.39, 0.29) is 6.61 Å². The summed E-state index contributed by atoms with van der Waals surface area (Å²) in [6.45, 7) is 5.52. The topological polar surface area (TPSA) is 52.6 Å². The van der Waals surface area contributed by atoms with E-state index in [9.17, 15) is 9.59 Å². The predicted octanol–water partition coefficient (Wildman–Crippen LogP) is 3.72. The van der Waals surface area contributed by atoms with E-state index in [1.807, 2.05) is 0 Å². The molecule has 0 N–H and O–H groups in total. The lowest BCUT2D eigenvalue weighted by Gasteiger charge is -2.26. The maximum atomic E-state index is 12.4. The van der Waals surface area contributed by atoms with E-state index in [1.54, 1.807) is 45.0 Å². The molecule has 1 aromatic carbocycles. The standard InChI is InChI=1S/C15H19BrO4/c1-4-15(5-2,13(17)19-6-3)14(18)20-12-9-7-11(16)8-10-12/h7-10H,4-6H2,1-3H3. The Balaban J connectivity index is 2.94. The van der Waals surface area contributed by atoms with Gasteiger partial charge in [0.15, 0.2) is 5.41 Å². The van der Waals surface area contributed by atoms with Crippen LogP contribution in [0.5, 0.6) is 5.75 Å². The van der Waals surface area contributed by atoms with Gasteiger partial charge in [0.05, 0.1) is 6.61 Å². The highest BCUT2D eigenvalue weighted by atomic mass is 79.9. The zero-order valence-electron chi connectivity index (χ0n) is 11.9. The number of halogens is 1. The van der Waals surface area contributed by atoms with E-state index in [2.05, 4.69) is 15.9 Å². The summed E-state index contributed by atoms with van der Waals surface area (Å²) < 4.78 is 11.2. The van der Waals surface area contributed by atoms with Crippen LogP contribution in [0, 0.1) is 5.41 Å². The molecule has 0 spiro atoms. The number of rotatable bonds is 6. The molecule has 0 unspecified atom stereocenters. The molecule has 0 bridgehead atoms. The second kappa shape index (κ2) is 7.43. The van der Waals surface area contributed by atoms with Crippen molar-refractivity contribution in [1.29, 1.82) is 0 Å². The molecule has 0 aliphatic carbocycles.